The molecule has 0 aliphatic carbocycles. The zero-order valence-electron chi connectivity index (χ0n) is 17.4. The molecule has 2 fully saturated rings. The van der Waals surface area contributed by atoms with Crippen molar-refractivity contribution < 1.29 is 0 Å². The second-order valence-corrected chi connectivity index (χ2v) is 8.69. The molecule has 0 aromatic heterocycles. The Labute approximate surface area is 174 Å². The van der Waals surface area contributed by atoms with Gasteiger partial charge in [0.05, 0.1) is 0 Å². The molecule has 4 heteroatoms. The number of benzene rings is 2. The van der Waals surface area contributed by atoms with Crippen LogP contribution in [0.1, 0.15) is 55.7 Å². The number of rotatable bonds is 8. The summed E-state index contributed by atoms with van der Waals surface area (Å²) in [6, 6.07) is 19.1. The molecule has 1 atom stereocenters. The fourth-order valence-electron chi connectivity index (χ4n) is 4.83. The Morgan fingerprint density at radius 1 is 0.897 bits per heavy atom. The van der Waals surface area contributed by atoms with Gasteiger partial charge in [0.25, 0.3) is 0 Å². The Morgan fingerprint density at radius 2 is 1.59 bits per heavy atom. The SMILES string of the molecule is O=NC(CCC1CCN(Cc2ccccc2)CC1)c1ccc(N2CCCC2)cc1. The maximum Gasteiger partial charge on any atom is 0.117 e. The zero-order chi connectivity index (χ0) is 19.9. The first-order chi connectivity index (χ1) is 14.3. The van der Waals surface area contributed by atoms with Crippen LogP contribution in [-0.4, -0.2) is 31.1 Å². The van der Waals surface area contributed by atoms with Crippen molar-refractivity contribution in [3.63, 3.8) is 0 Å². The molecule has 4 rings (SSSR count). The Kier molecular flexibility index (Phi) is 6.94. The van der Waals surface area contributed by atoms with Gasteiger partial charge in [0, 0.05) is 25.3 Å². The van der Waals surface area contributed by atoms with Gasteiger partial charge in [-0.1, -0.05) is 47.6 Å². The second kappa shape index (κ2) is 10.0. The molecule has 2 aliphatic rings. The molecule has 0 saturated carbocycles. The first kappa shape index (κ1) is 20.1. The predicted octanol–water partition coefficient (Wildman–Crippen LogP) is 5.79. The summed E-state index contributed by atoms with van der Waals surface area (Å²) < 4.78 is 0. The third-order valence-corrected chi connectivity index (χ3v) is 6.68. The molecule has 1 unspecified atom stereocenters. The average molecular weight is 392 g/mol. The van der Waals surface area contributed by atoms with Gasteiger partial charge in [0.2, 0.25) is 0 Å². The summed E-state index contributed by atoms with van der Waals surface area (Å²) in [5.41, 5.74) is 3.75. The van der Waals surface area contributed by atoms with Gasteiger partial charge in [0.1, 0.15) is 6.04 Å². The Morgan fingerprint density at radius 3 is 2.24 bits per heavy atom. The lowest BCUT2D eigenvalue weighted by Crippen LogP contribution is -2.33. The van der Waals surface area contributed by atoms with Crippen LogP contribution in [0.3, 0.4) is 0 Å². The molecule has 2 aromatic rings. The summed E-state index contributed by atoms with van der Waals surface area (Å²) in [6.45, 7) is 5.66. The van der Waals surface area contributed by atoms with Gasteiger partial charge in [0.15, 0.2) is 0 Å². The molecule has 2 aliphatic heterocycles. The summed E-state index contributed by atoms with van der Waals surface area (Å²) in [4.78, 5) is 16.5. The van der Waals surface area contributed by atoms with Gasteiger partial charge >= 0.3 is 0 Å². The minimum Gasteiger partial charge on any atom is -0.372 e. The van der Waals surface area contributed by atoms with Crippen LogP contribution >= 0.6 is 0 Å². The Balaban J connectivity index is 1.23. The van der Waals surface area contributed by atoms with Gasteiger partial charge < -0.3 is 4.90 Å². The quantitative estimate of drug-likeness (QED) is 0.535. The summed E-state index contributed by atoms with van der Waals surface area (Å²) in [5.74, 6) is 0.718. The van der Waals surface area contributed by atoms with Gasteiger partial charge in [-0.05, 0) is 80.8 Å². The summed E-state index contributed by atoms with van der Waals surface area (Å²) in [6.07, 6.45) is 6.99. The van der Waals surface area contributed by atoms with Crippen LogP contribution in [-0.2, 0) is 6.54 Å². The third kappa shape index (κ3) is 5.45. The highest BCUT2D eigenvalue weighted by Gasteiger charge is 2.22. The van der Waals surface area contributed by atoms with Gasteiger partial charge in [-0.2, -0.15) is 4.91 Å². The van der Waals surface area contributed by atoms with Crippen molar-refractivity contribution in [1.29, 1.82) is 0 Å². The molecule has 2 heterocycles. The standard InChI is InChI=1S/C25H33N3O/c29-26-25(23-9-11-24(12-10-23)28-16-4-5-17-28)13-8-21-14-18-27(19-15-21)20-22-6-2-1-3-7-22/h1-3,6-7,9-12,21,25H,4-5,8,13-20H2. The van der Waals surface area contributed by atoms with Crippen molar-refractivity contribution in [2.45, 2.75) is 51.1 Å². The number of anilines is 1. The topological polar surface area (TPSA) is 35.9 Å². The highest BCUT2D eigenvalue weighted by atomic mass is 16.3. The first-order valence-electron chi connectivity index (χ1n) is 11.3. The van der Waals surface area contributed by atoms with E-state index in [0.717, 1.165) is 57.0 Å². The molecular formula is C25H33N3O. The van der Waals surface area contributed by atoms with E-state index >= 15 is 0 Å². The van der Waals surface area contributed by atoms with Crippen LogP contribution in [0.4, 0.5) is 5.69 Å². The number of hydrogen-bond acceptors (Lipinski definition) is 4. The van der Waals surface area contributed by atoms with E-state index in [9.17, 15) is 4.91 Å². The van der Waals surface area contributed by atoms with E-state index in [1.165, 1.54) is 36.9 Å². The predicted molar refractivity (Wildman–Crippen MR) is 120 cm³/mol. The van der Waals surface area contributed by atoms with Gasteiger partial charge in [-0.3, -0.25) is 4.90 Å². The van der Waals surface area contributed by atoms with Crippen LogP contribution < -0.4 is 4.90 Å². The number of nitroso groups, excluding NO2 is 1. The fourth-order valence-corrected chi connectivity index (χ4v) is 4.83. The molecule has 4 nitrogen and oxygen atoms in total. The van der Waals surface area contributed by atoms with Gasteiger partial charge in [-0.15, -0.1) is 0 Å². The molecule has 0 N–H and O–H groups in total. The van der Waals surface area contributed by atoms with Crippen LogP contribution in [0.2, 0.25) is 0 Å². The highest BCUT2D eigenvalue weighted by Crippen LogP contribution is 2.31. The Hall–Kier alpha value is -2.20. The van der Waals surface area contributed by atoms with E-state index in [4.69, 9.17) is 0 Å². The molecule has 0 amide bonds. The first-order valence-corrected chi connectivity index (χ1v) is 11.3. The number of nitrogens with zero attached hydrogens (tertiary/aromatic N) is 3. The third-order valence-electron chi connectivity index (χ3n) is 6.68. The maximum absolute atomic E-state index is 11.5. The maximum atomic E-state index is 11.5. The van der Waals surface area contributed by atoms with Crippen molar-refractivity contribution in [2.24, 2.45) is 11.1 Å². The largest absolute Gasteiger partial charge is 0.372 e. The van der Waals surface area contributed by atoms with Crippen LogP contribution in [0.5, 0.6) is 0 Å². The zero-order valence-corrected chi connectivity index (χ0v) is 17.4. The van der Waals surface area contributed by atoms with Crippen molar-refractivity contribution >= 4 is 5.69 Å². The summed E-state index contributed by atoms with van der Waals surface area (Å²) >= 11 is 0. The van der Waals surface area contributed by atoms with E-state index < -0.39 is 0 Å². The minimum atomic E-state index is -0.204. The smallest absolute Gasteiger partial charge is 0.117 e. The number of hydrogen-bond donors (Lipinski definition) is 0. The molecule has 2 saturated heterocycles. The van der Waals surface area contributed by atoms with Crippen molar-refractivity contribution in [3.8, 4) is 0 Å². The molecule has 0 bridgehead atoms. The van der Waals surface area contributed by atoms with Crippen molar-refractivity contribution in [2.75, 3.05) is 31.1 Å². The van der Waals surface area contributed by atoms with Crippen LogP contribution in [0.15, 0.2) is 59.8 Å². The molecule has 0 radical (unpaired) electrons. The normalized spacial score (nSPS) is 19.4. The Bertz CT molecular complexity index is 747. The van der Waals surface area contributed by atoms with E-state index in [1.807, 2.05) is 0 Å². The second-order valence-electron chi connectivity index (χ2n) is 8.69. The van der Waals surface area contributed by atoms with Crippen molar-refractivity contribution in [1.82, 2.24) is 4.90 Å². The lowest BCUT2D eigenvalue weighted by atomic mass is 9.89. The highest BCUT2D eigenvalue weighted by molar-refractivity contribution is 5.48. The fraction of sp³-hybridized carbons (Fsp3) is 0.520. The summed E-state index contributed by atoms with van der Waals surface area (Å²) in [7, 11) is 0. The summed E-state index contributed by atoms with van der Waals surface area (Å²) in [5, 5.41) is 3.47. The molecule has 29 heavy (non-hydrogen) atoms. The number of piperidine rings is 1. The number of likely N-dealkylation sites (tertiary alicyclic amines) is 1. The lowest BCUT2D eigenvalue weighted by Gasteiger charge is -2.32. The van der Waals surface area contributed by atoms with Crippen LogP contribution in [0, 0.1) is 10.8 Å². The van der Waals surface area contributed by atoms with Gasteiger partial charge in [-0.25, -0.2) is 0 Å². The molecular weight excluding hydrogens is 358 g/mol. The van der Waals surface area contributed by atoms with E-state index in [2.05, 4.69) is 69.6 Å². The molecule has 0 spiro atoms. The minimum absolute atomic E-state index is 0.204. The molecule has 154 valence electrons. The molecule has 2 aromatic carbocycles. The van der Waals surface area contributed by atoms with E-state index in [1.54, 1.807) is 0 Å². The monoisotopic (exact) mass is 391 g/mol. The van der Waals surface area contributed by atoms with E-state index in [0.29, 0.717) is 0 Å². The van der Waals surface area contributed by atoms with E-state index in [-0.39, 0.29) is 6.04 Å². The van der Waals surface area contributed by atoms with Crippen LogP contribution in [0.25, 0.3) is 0 Å². The average Bonchev–Trinajstić information content (AvgIpc) is 3.31. The van der Waals surface area contributed by atoms with Crippen molar-refractivity contribution in [3.05, 3.63) is 70.6 Å². The lowest BCUT2D eigenvalue weighted by molar-refractivity contribution is 0.169.